The smallest absolute Gasteiger partial charge is 0.276 e. The molecule has 0 aliphatic carbocycles. The molecule has 0 radical (unpaired) electrons. The van der Waals surface area contributed by atoms with E-state index in [9.17, 15) is 4.79 Å². The van der Waals surface area contributed by atoms with E-state index in [4.69, 9.17) is 10.5 Å². The average Bonchev–Trinajstić information content (AvgIpc) is 2.69. The number of anilines is 1. The third-order valence-electron chi connectivity index (χ3n) is 2.84. The molecule has 1 atom stereocenters. The predicted octanol–water partition coefficient (Wildman–Crippen LogP) is 0.346. The van der Waals surface area contributed by atoms with Crippen LogP contribution >= 0.6 is 0 Å². The Morgan fingerprint density at radius 3 is 3.06 bits per heavy atom. The lowest BCUT2D eigenvalue weighted by atomic mass is 10.2. The number of aryl methyl sites for hydroxylation is 1. The predicted molar refractivity (Wildman–Crippen MR) is 63.6 cm³/mol. The molecule has 17 heavy (non-hydrogen) atoms. The van der Waals surface area contributed by atoms with Crippen LogP contribution in [-0.4, -0.2) is 46.4 Å². The fraction of sp³-hybridized carbons (Fsp3) is 0.636. The van der Waals surface area contributed by atoms with Crippen molar-refractivity contribution < 1.29 is 9.53 Å². The molecular formula is C11H18N4O2. The Bertz CT molecular complexity index is 416. The summed E-state index contributed by atoms with van der Waals surface area (Å²) in [6.07, 6.45) is 1.76. The lowest BCUT2D eigenvalue weighted by molar-refractivity contribution is -0.0126. The van der Waals surface area contributed by atoms with Crippen LogP contribution in [0, 0.1) is 0 Å². The van der Waals surface area contributed by atoms with E-state index in [1.807, 2.05) is 13.8 Å². The number of nitrogens with zero attached hydrogens (tertiary/aromatic N) is 3. The van der Waals surface area contributed by atoms with Gasteiger partial charge in [0.2, 0.25) is 0 Å². The van der Waals surface area contributed by atoms with Gasteiger partial charge in [-0.25, -0.2) is 0 Å². The molecule has 1 amide bonds. The molecule has 0 bridgehead atoms. The summed E-state index contributed by atoms with van der Waals surface area (Å²) in [6.45, 7) is 6.38. The van der Waals surface area contributed by atoms with Crippen LogP contribution in [0.25, 0.3) is 0 Å². The quantitative estimate of drug-likeness (QED) is 0.806. The van der Waals surface area contributed by atoms with E-state index in [2.05, 4.69) is 5.10 Å². The first-order chi connectivity index (χ1) is 8.11. The van der Waals surface area contributed by atoms with Crippen LogP contribution in [0.1, 0.15) is 24.3 Å². The summed E-state index contributed by atoms with van der Waals surface area (Å²) in [6, 6.07) is 0. The van der Waals surface area contributed by atoms with Crippen molar-refractivity contribution in [3.8, 4) is 0 Å². The van der Waals surface area contributed by atoms with E-state index in [1.54, 1.807) is 15.8 Å². The summed E-state index contributed by atoms with van der Waals surface area (Å²) in [5, 5.41) is 4.19. The Kier molecular flexibility index (Phi) is 3.33. The number of rotatable bonds is 2. The molecule has 6 heteroatoms. The lowest BCUT2D eigenvalue weighted by Gasteiger charge is -2.30. The van der Waals surface area contributed by atoms with E-state index in [0.29, 0.717) is 37.6 Å². The van der Waals surface area contributed by atoms with E-state index < -0.39 is 0 Å². The third-order valence-corrected chi connectivity index (χ3v) is 2.84. The number of aromatic nitrogens is 2. The highest BCUT2D eigenvalue weighted by atomic mass is 16.5. The molecule has 2 rings (SSSR count). The van der Waals surface area contributed by atoms with Crippen molar-refractivity contribution in [1.29, 1.82) is 0 Å². The van der Waals surface area contributed by atoms with Crippen molar-refractivity contribution >= 4 is 11.6 Å². The van der Waals surface area contributed by atoms with Gasteiger partial charge in [0.1, 0.15) is 0 Å². The highest BCUT2D eigenvalue weighted by Gasteiger charge is 2.25. The molecule has 94 valence electrons. The molecule has 0 saturated carbocycles. The van der Waals surface area contributed by atoms with Crippen LogP contribution in [0.5, 0.6) is 0 Å². The molecule has 1 aliphatic heterocycles. The molecule has 1 aliphatic rings. The topological polar surface area (TPSA) is 73.4 Å². The Balaban J connectivity index is 2.15. The Hall–Kier alpha value is -1.56. The van der Waals surface area contributed by atoms with Gasteiger partial charge in [0.05, 0.1) is 18.4 Å². The number of ether oxygens (including phenoxy) is 1. The highest BCUT2D eigenvalue weighted by molar-refractivity contribution is 5.97. The number of morpholine rings is 1. The average molecular weight is 238 g/mol. The van der Waals surface area contributed by atoms with Crippen LogP contribution in [0.3, 0.4) is 0 Å². The van der Waals surface area contributed by atoms with Crippen LogP contribution < -0.4 is 5.73 Å². The van der Waals surface area contributed by atoms with Crippen LogP contribution in [-0.2, 0) is 11.3 Å². The van der Waals surface area contributed by atoms with Gasteiger partial charge < -0.3 is 15.4 Å². The molecule has 2 N–H and O–H groups in total. The minimum absolute atomic E-state index is 0.0715. The van der Waals surface area contributed by atoms with Crippen molar-refractivity contribution in [3.63, 3.8) is 0 Å². The number of hydrogen-bond donors (Lipinski definition) is 1. The number of hydrogen-bond acceptors (Lipinski definition) is 4. The summed E-state index contributed by atoms with van der Waals surface area (Å²) < 4.78 is 7.07. The number of carbonyl (C=O) groups excluding carboxylic acids is 1. The summed E-state index contributed by atoms with van der Waals surface area (Å²) in [4.78, 5) is 14.0. The van der Waals surface area contributed by atoms with Crippen molar-refractivity contribution in [2.24, 2.45) is 0 Å². The molecule has 6 nitrogen and oxygen atoms in total. The maximum absolute atomic E-state index is 12.2. The molecule has 1 fully saturated rings. The lowest BCUT2D eigenvalue weighted by Crippen LogP contribution is -2.44. The number of carbonyl (C=O) groups is 1. The highest BCUT2D eigenvalue weighted by Crippen LogP contribution is 2.14. The van der Waals surface area contributed by atoms with E-state index >= 15 is 0 Å². The van der Waals surface area contributed by atoms with Crippen LogP contribution in [0.4, 0.5) is 5.69 Å². The second kappa shape index (κ2) is 4.75. The normalized spacial score (nSPS) is 20.6. The van der Waals surface area contributed by atoms with Crippen molar-refractivity contribution in [2.75, 3.05) is 25.4 Å². The zero-order chi connectivity index (χ0) is 12.4. The number of nitrogen functional groups attached to an aromatic ring is 1. The summed E-state index contributed by atoms with van der Waals surface area (Å²) in [7, 11) is 0. The van der Waals surface area contributed by atoms with E-state index in [1.165, 1.54) is 0 Å². The first-order valence-corrected chi connectivity index (χ1v) is 5.85. The fourth-order valence-electron chi connectivity index (χ4n) is 1.92. The molecule has 0 aromatic carbocycles. The van der Waals surface area contributed by atoms with Crippen molar-refractivity contribution in [2.45, 2.75) is 26.5 Å². The maximum atomic E-state index is 12.2. The molecule has 1 aromatic rings. The van der Waals surface area contributed by atoms with Crippen LogP contribution in [0.2, 0.25) is 0 Å². The summed E-state index contributed by atoms with van der Waals surface area (Å²) in [5.74, 6) is -0.107. The zero-order valence-corrected chi connectivity index (χ0v) is 10.2. The number of amides is 1. The molecule has 1 unspecified atom stereocenters. The summed E-state index contributed by atoms with van der Waals surface area (Å²) in [5.41, 5.74) is 6.59. The fourth-order valence-corrected chi connectivity index (χ4v) is 1.92. The zero-order valence-electron chi connectivity index (χ0n) is 10.2. The Morgan fingerprint density at radius 1 is 1.71 bits per heavy atom. The van der Waals surface area contributed by atoms with Gasteiger partial charge in [-0.15, -0.1) is 0 Å². The van der Waals surface area contributed by atoms with Crippen LogP contribution in [0.15, 0.2) is 6.20 Å². The van der Waals surface area contributed by atoms with Crippen molar-refractivity contribution in [3.05, 3.63) is 11.9 Å². The monoisotopic (exact) mass is 238 g/mol. The molecule has 0 spiro atoms. The first-order valence-electron chi connectivity index (χ1n) is 5.85. The molecule has 1 aromatic heterocycles. The molecule has 2 heterocycles. The maximum Gasteiger partial charge on any atom is 0.276 e. The third kappa shape index (κ3) is 2.41. The molecule has 1 saturated heterocycles. The van der Waals surface area contributed by atoms with Gasteiger partial charge in [-0.1, -0.05) is 0 Å². The van der Waals surface area contributed by atoms with Gasteiger partial charge in [0, 0.05) is 25.8 Å². The van der Waals surface area contributed by atoms with Gasteiger partial charge in [-0.3, -0.25) is 9.48 Å². The number of nitrogens with two attached hydrogens (primary N) is 1. The van der Waals surface area contributed by atoms with Gasteiger partial charge in [0.25, 0.3) is 5.91 Å². The van der Waals surface area contributed by atoms with Crippen molar-refractivity contribution in [1.82, 2.24) is 14.7 Å². The van der Waals surface area contributed by atoms with E-state index in [0.717, 1.165) is 0 Å². The van der Waals surface area contributed by atoms with Gasteiger partial charge in [-0.2, -0.15) is 5.10 Å². The molecular weight excluding hydrogens is 220 g/mol. The Labute approximate surface area is 100 Å². The second-order valence-electron chi connectivity index (χ2n) is 4.22. The Morgan fingerprint density at radius 2 is 2.47 bits per heavy atom. The van der Waals surface area contributed by atoms with Gasteiger partial charge >= 0.3 is 0 Å². The second-order valence-corrected chi connectivity index (χ2v) is 4.22. The summed E-state index contributed by atoms with van der Waals surface area (Å²) >= 11 is 0. The minimum atomic E-state index is -0.107. The largest absolute Gasteiger partial charge is 0.396 e. The first kappa shape index (κ1) is 11.9. The van der Waals surface area contributed by atoms with Gasteiger partial charge in [0.15, 0.2) is 5.69 Å². The van der Waals surface area contributed by atoms with E-state index in [-0.39, 0.29) is 12.0 Å². The standard InChI is InChI=1S/C11H18N4O2/c1-3-15-7-9(12)10(13-15)11(16)14-4-5-17-8(2)6-14/h7-8H,3-6,12H2,1-2H3. The van der Waals surface area contributed by atoms with Gasteiger partial charge in [-0.05, 0) is 13.8 Å². The SMILES string of the molecule is CCn1cc(N)c(C(=O)N2CCOC(C)C2)n1. The minimum Gasteiger partial charge on any atom is -0.396 e.